The van der Waals surface area contributed by atoms with Crippen LogP contribution < -0.4 is 5.32 Å². The van der Waals surface area contributed by atoms with Crippen molar-refractivity contribution >= 4 is 21.6 Å². The highest BCUT2D eigenvalue weighted by Gasteiger charge is 2.35. The molecule has 1 amide bonds. The van der Waals surface area contributed by atoms with Gasteiger partial charge >= 0.3 is 0 Å². The van der Waals surface area contributed by atoms with Gasteiger partial charge in [0, 0.05) is 44.0 Å². The lowest BCUT2D eigenvalue weighted by Gasteiger charge is -2.30. The molecule has 2 aromatic rings. The number of para-hydroxylation sites is 1. The average Bonchev–Trinajstić information content (AvgIpc) is 2.73. The van der Waals surface area contributed by atoms with Crippen LogP contribution in [0.5, 0.6) is 0 Å². The van der Waals surface area contributed by atoms with Gasteiger partial charge in [-0.3, -0.25) is 19.9 Å². The first kappa shape index (κ1) is 19.9. The molecule has 1 aliphatic heterocycles. The SMILES string of the molecule is O=C(NCc1ccncc1)C1CCN(S(=O)(=O)c2ccccc2[N+](=O)[O-])CC1. The zero-order valence-corrected chi connectivity index (χ0v) is 15.8. The number of benzene rings is 1. The summed E-state index contributed by atoms with van der Waals surface area (Å²) in [6, 6.07) is 8.91. The number of nitro groups is 1. The number of rotatable bonds is 6. The molecule has 0 unspecified atom stereocenters. The van der Waals surface area contributed by atoms with Crippen LogP contribution in [0.3, 0.4) is 0 Å². The van der Waals surface area contributed by atoms with Crippen LogP contribution in [0.15, 0.2) is 53.7 Å². The smallest absolute Gasteiger partial charge is 0.289 e. The highest BCUT2D eigenvalue weighted by Crippen LogP contribution is 2.29. The second kappa shape index (κ2) is 8.44. The van der Waals surface area contributed by atoms with Crippen molar-refractivity contribution in [2.75, 3.05) is 13.1 Å². The Balaban J connectivity index is 1.62. The van der Waals surface area contributed by atoms with Gasteiger partial charge < -0.3 is 5.32 Å². The topological polar surface area (TPSA) is 123 Å². The van der Waals surface area contributed by atoms with Gasteiger partial charge in [0.2, 0.25) is 15.9 Å². The molecular weight excluding hydrogens is 384 g/mol. The van der Waals surface area contributed by atoms with Crippen LogP contribution in [-0.2, 0) is 21.4 Å². The van der Waals surface area contributed by atoms with Crippen molar-refractivity contribution in [2.45, 2.75) is 24.3 Å². The number of nitro benzene ring substituents is 1. The monoisotopic (exact) mass is 404 g/mol. The van der Waals surface area contributed by atoms with Gasteiger partial charge in [-0.15, -0.1) is 0 Å². The third-order valence-corrected chi connectivity index (χ3v) is 6.67. The van der Waals surface area contributed by atoms with Gasteiger partial charge in [-0.2, -0.15) is 4.31 Å². The molecule has 1 aliphatic rings. The number of aromatic nitrogens is 1. The number of hydrogen-bond donors (Lipinski definition) is 1. The molecule has 0 saturated carbocycles. The third-order valence-electron chi connectivity index (χ3n) is 4.72. The van der Waals surface area contributed by atoms with Gasteiger partial charge in [0.15, 0.2) is 4.90 Å². The van der Waals surface area contributed by atoms with Gasteiger partial charge in [0.05, 0.1) is 4.92 Å². The first-order chi connectivity index (χ1) is 13.4. The van der Waals surface area contributed by atoms with Gasteiger partial charge in [0.25, 0.3) is 5.69 Å². The van der Waals surface area contributed by atoms with Crippen LogP contribution in [0.2, 0.25) is 0 Å². The molecule has 148 valence electrons. The molecule has 1 fully saturated rings. The van der Waals surface area contributed by atoms with Crippen LogP contribution in [0.1, 0.15) is 18.4 Å². The summed E-state index contributed by atoms with van der Waals surface area (Å²) in [6.45, 7) is 0.666. The first-order valence-electron chi connectivity index (χ1n) is 8.80. The second-order valence-corrected chi connectivity index (χ2v) is 8.38. The molecule has 0 spiro atoms. The average molecular weight is 404 g/mol. The third kappa shape index (κ3) is 4.34. The molecule has 0 aliphatic carbocycles. The Bertz CT molecular complexity index is 957. The first-order valence-corrected chi connectivity index (χ1v) is 10.2. The number of hydrogen-bond acceptors (Lipinski definition) is 6. The van der Waals surface area contributed by atoms with Crippen LogP contribution in [0, 0.1) is 16.0 Å². The minimum Gasteiger partial charge on any atom is -0.352 e. The maximum absolute atomic E-state index is 12.8. The maximum Gasteiger partial charge on any atom is 0.289 e. The van der Waals surface area contributed by atoms with Crippen molar-refractivity contribution in [1.29, 1.82) is 0 Å². The molecule has 10 heteroatoms. The van der Waals surface area contributed by atoms with E-state index in [1.165, 1.54) is 28.6 Å². The van der Waals surface area contributed by atoms with Crippen molar-refractivity contribution in [2.24, 2.45) is 5.92 Å². The van der Waals surface area contributed by atoms with E-state index in [0.29, 0.717) is 19.4 Å². The summed E-state index contributed by atoms with van der Waals surface area (Å²) in [5, 5.41) is 14.0. The van der Waals surface area contributed by atoms with E-state index >= 15 is 0 Å². The van der Waals surface area contributed by atoms with Crippen molar-refractivity contribution in [3.63, 3.8) is 0 Å². The lowest BCUT2D eigenvalue weighted by atomic mass is 9.97. The Morgan fingerprint density at radius 1 is 1.18 bits per heavy atom. The molecule has 1 saturated heterocycles. The summed E-state index contributed by atoms with van der Waals surface area (Å²) in [4.78, 5) is 26.4. The van der Waals surface area contributed by atoms with Crippen LogP contribution in [-0.4, -0.2) is 41.6 Å². The molecule has 0 radical (unpaired) electrons. The quantitative estimate of drug-likeness (QED) is 0.578. The van der Waals surface area contributed by atoms with E-state index in [4.69, 9.17) is 0 Å². The van der Waals surface area contributed by atoms with E-state index in [9.17, 15) is 23.3 Å². The zero-order chi connectivity index (χ0) is 20.1. The van der Waals surface area contributed by atoms with E-state index in [0.717, 1.165) is 5.56 Å². The van der Waals surface area contributed by atoms with E-state index in [1.54, 1.807) is 12.4 Å². The Morgan fingerprint density at radius 2 is 1.82 bits per heavy atom. The summed E-state index contributed by atoms with van der Waals surface area (Å²) >= 11 is 0. The highest BCUT2D eigenvalue weighted by atomic mass is 32.2. The predicted molar refractivity (Wildman–Crippen MR) is 101 cm³/mol. The van der Waals surface area contributed by atoms with Gasteiger partial charge in [-0.1, -0.05) is 12.1 Å². The number of piperidine rings is 1. The van der Waals surface area contributed by atoms with Crippen molar-refractivity contribution in [3.8, 4) is 0 Å². The van der Waals surface area contributed by atoms with Gasteiger partial charge in [0.1, 0.15) is 0 Å². The number of carbonyl (C=O) groups excluding carboxylic acids is 1. The molecule has 1 N–H and O–H groups in total. The summed E-state index contributed by atoms with van der Waals surface area (Å²) in [5.74, 6) is -0.418. The fourth-order valence-electron chi connectivity index (χ4n) is 3.16. The fourth-order valence-corrected chi connectivity index (χ4v) is 4.78. The number of amides is 1. The molecule has 0 bridgehead atoms. The van der Waals surface area contributed by atoms with Crippen LogP contribution in [0.25, 0.3) is 0 Å². The lowest BCUT2D eigenvalue weighted by Crippen LogP contribution is -2.43. The van der Waals surface area contributed by atoms with Crippen LogP contribution in [0.4, 0.5) is 5.69 Å². The molecule has 3 rings (SSSR count). The summed E-state index contributed by atoms with van der Waals surface area (Å²) in [5.41, 5.74) is 0.486. The largest absolute Gasteiger partial charge is 0.352 e. The standard InChI is InChI=1S/C18H20N4O5S/c23-18(20-13-14-5-9-19-10-6-14)15-7-11-21(12-8-15)28(26,27)17-4-2-1-3-16(17)22(24)25/h1-6,9-10,15H,7-8,11-13H2,(H,20,23). The number of nitrogens with zero attached hydrogens (tertiary/aromatic N) is 3. The summed E-state index contributed by atoms with van der Waals surface area (Å²) in [6.07, 6.45) is 4.02. The van der Waals surface area contributed by atoms with E-state index in [2.05, 4.69) is 10.3 Å². The van der Waals surface area contributed by atoms with Crippen molar-refractivity contribution in [3.05, 3.63) is 64.5 Å². The minimum absolute atomic E-state index is 0.125. The van der Waals surface area contributed by atoms with Gasteiger partial charge in [-0.05, 0) is 36.6 Å². The summed E-state index contributed by atoms with van der Waals surface area (Å²) < 4.78 is 26.8. The lowest BCUT2D eigenvalue weighted by molar-refractivity contribution is -0.387. The number of carbonyl (C=O) groups is 1. The Morgan fingerprint density at radius 3 is 2.46 bits per heavy atom. The Hall–Kier alpha value is -2.85. The van der Waals surface area contributed by atoms with Crippen molar-refractivity contribution < 1.29 is 18.1 Å². The number of nitrogens with one attached hydrogen (secondary N) is 1. The van der Waals surface area contributed by atoms with E-state index < -0.39 is 20.6 Å². The molecule has 1 aromatic heterocycles. The maximum atomic E-state index is 12.8. The van der Waals surface area contributed by atoms with Crippen LogP contribution >= 0.6 is 0 Å². The molecule has 0 atom stereocenters. The highest BCUT2D eigenvalue weighted by molar-refractivity contribution is 7.89. The number of sulfonamides is 1. The normalized spacial score (nSPS) is 15.9. The Kier molecular flexibility index (Phi) is 6.00. The minimum atomic E-state index is -3.99. The van der Waals surface area contributed by atoms with E-state index in [-0.39, 0.29) is 29.8 Å². The predicted octanol–water partition coefficient (Wildman–Crippen LogP) is 1.71. The summed E-state index contributed by atoms with van der Waals surface area (Å²) in [7, 11) is -3.99. The number of pyridine rings is 1. The molecular formula is C18H20N4O5S. The molecule has 1 aromatic carbocycles. The molecule has 9 nitrogen and oxygen atoms in total. The second-order valence-electron chi connectivity index (χ2n) is 6.48. The van der Waals surface area contributed by atoms with E-state index in [1.807, 2.05) is 12.1 Å². The zero-order valence-electron chi connectivity index (χ0n) is 15.0. The Labute approximate surface area is 162 Å². The fraction of sp³-hybridized carbons (Fsp3) is 0.333. The van der Waals surface area contributed by atoms with Crippen molar-refractivity contribution in [1.82, 2.24) is 14.6 Å². The molecule has 2 heterocycles. The van der Waals surface area contributed by atoms with Gasteiger partial charge in [-0.25, -0.2) is 8.42 Å². The molecule has 28 heavy (non-hydrogen) atoms.